The summed E-state index contributed by atoms with van der Waals surface area (Å²) in [6.45, 7) is 6.27. The Labute approximate surface area is 93.5 Å². The van der Waals surface area contributed by atoms with E-state index in [2.05, 4.69) is 0 Å². The fourth-order valence-corrected chi connectivity index (χ4v) is 0.799. The van der Waals surface area contributed by atoms with Crippen LogP contribution in [-0.4, -0.2) is 34.2 Å². The highest BCUT2D eigenvalue weighted by atomic mass is 16.6. The molecule has 0 aliphatic carbocycles. The van der Waals surface area contributed by atoms with E-state index in [4.69, 9.17) is 14.6 Å². The first-order valence-electron chi connectivity index (χ1n) is 4.65. The van der Waals surface area contributed by atoms with Gasteiger partial charge in [-0.15, -0.1) is 0 Å². The molecule has 0 unspecified atom stereocenters. The molecule has 0 amide bonds. The lowest BCUT2D eigenvalue weighted by Gasteiger charge is -2.27. The maximum Gasteiger partial charge on any atom is 0.351 e. The molecule has 6 heteroatoms. The molecule has 92 valence electrons. The molecule has 0 spiro atoms. The molecule has 0 heterocycles. The van der Waals surface area contributed by atoms with Crippen molar-refractivity contribution >= 4 is 17.9 Å². The molecule has 0 rings (SSSR count). The van der Waals surface area contributed by atoms with Gasteiger partial charge >= 0.3 is 17.9 Å². The van der Waals surface area contributed by atoms with Crippen molar-refractivity contribution < 1.29 is 29.0 Å². The molecule has 1 N–H and O–H groups in total. The Bertz CT molecular complexity index is 315. The summed E-state index contributed by atoms with van der Waals surface area (Å²) in [6.07, 6.45) is 0. The van der Waals surface area contributed by atoms with Gasteiger partial charge in [-0.05, 0) is 27.7 Å². The average molecular weight is 232 g/mol. The van der Waals surface area contributed by atoms with Gasteiger partial charge in [-0.3, -0.25) is 4.79 Å². The van der Waals surface area contributed by atoms with Gasteiger partial charge in [-0.25, -0.2) is 9.59 Å². The third-order valence-corrected chi connectivity index (χ3v) is 1.75. The standard InChI is InChI=1S/C10H16O6/c1-6(11)15-10(4,5)8(14)16-9(2,3)7(12)13/h1-5H3,(H,12,13). The predicted molar refractivity (Wildman–Crippen MR) is 53.7 cm³/mol. The van der Waals surface area contributed by atoms with Crippen molar-refractivity contribution in [1.82, 2.24) is 0 Å². The molecule has 0 atom stereocenters. The first kappa shape index (κ1) is 14.4. The minimum Gasteiger partial charge on any atom is -0.478 e. The number of rotatable bonds is 4. The second-order valence-electron chi connectivity index (χ2n) is 4.31. The molecule has 16 heavy (non-hydrogen) atoms. The first-order chi connectivity index (χ1) is 6.99. The van der Waals surface area contributed by atoms with Gasteiger partial charge in [-0.1, -0.05) is 0 Å². The van der Waals surface area contributed by atoms with E-state index < -0.39 is 29.1 Å². The zero-order valence-corrected chi connectivity index (χ0v) is 9.99. The molecule has 0 fully saturated rings. The number of carboxylic acids is 1. The Hall–Kier alpha value is -1.59. The maximum atomic E-state index is 11.6. The summed E-state index contributed by atoms with van der Waals surface area (Å²) in [6, 6.07) is 0. The van der Waals surface area contributed by atoms with Crippen molar-refractivity contribution in [3.8, 4) is 0 Å². The molecular formula is C10H16O6. The smallest absolute Gasteiger partial charge is 0.351 e. The van der Waals surface area contributed by atoms with E-state index in [-0.39, 0.29) is 0 Å². The summed E-state index contributed by atoms with van der Waals surface area (Å²) in [5, 5.41) is 8.75. The van der Waals surface area contributed by atoms with Crippen LogP contribution in [0.2, 0.25) is 0 Å². The highest BCUT2D eigenvalue weighted by Crippen LogP contribution is 2.18. The van der Waals surface area contributed by atoms with Crippen LogP contribution in [0, 0.1) is 0 Å². The molecule has 0 radical (unpaired) electrons. The molecule has 0 aliphatic rings. The van der Waals surface area contributed by atoms with Gasteiger partial charge in [0.15, 0.2) is 0 Å². The van der Waals surface area contributed by atoms with Crippen LogP contribution in [0.1, 0.15) is 34.6 Å². The van der Waals surface area contributed by atoms with Gasteiger partial charge in [0.2, 0.25) is 11.2 Å². The summed E-state index contributed by atoms with van der Waals surface area (Å²) in [5.41, 5.74) is -3.16. The van der Waals surface area contributed by atoms with Crippen LogP contribution >= 0.6 is 0 Å². The fraction of sp³-hybridized carbons (Fsp3) is 0.700. The molecule has 0 aliphatic heterocycles. The van der Waals surface area contributed by atoms with Crippen LogP contribution in [0.25, 0.3) is 0 Å². The third kappa shape index (κ3) is 3.88. The van der Waals surface area contributed by atoms with Crippen molar-refractivity contribution in [2.24, 2.45) is 0 Å². The Balaban J connectivity index is 4.70. The lowest BCUT2D eigenvalue weighted by molar-refractivity contribution is -0.192. The summed E-state index contributed by atoms with van der Waals surface area (Å²) in [7, 11) is 0. The van der Waals surface area contributed by atoms with Gasteiger partial charge < -0.3 is 14.6 Å². The van der Waals surface area contributed by atoms with E-state index in [0.29, 0.717) is 0 Å². The predicted octanol–water partition coefficient (Wildman–Crippen LogP) is 0.734. The van der Waals surface area contributed by atoms with E-state index in [1.165, 1.54) is 27.7 Å². The van der Waals surface area contributed by atoms with Gasteiger partial charge in [-0.2, -0.15) is 0 Å². The van der Waals surface area contributed by atoms with Crippen molar-refractivity contribution in [3.63, 3.8) is 0 Å². The number of ether oxygens (including phenoxy) is 2. The summed E-state index contributed by atoms with van der Waals surface area (Å²) in [4.78, 5) is 33.0. The second-order valence-corrected chi connectivity index (χ2v) is 4.31. The molecule has 0 aromatic heterocycles. The minimum atomic E-state index is -1.66. The topological polar surface area (TPSA) is 89.9 Å². The Morgan fingerprint density at radius 2 is 1.38 bits per heavy atom. The van der Waals surface area contributed by atoms with Gasteiger partial charge in [0.25, 0.3) is 0 Å². The van der Waals surface area contributed by atoms with Crippen LogP contribution in [0.15, 0.2) is 0 Å². The summed E-state index contributed by atoms with van der Waals surface area (Å²) >= 11 is 0. The van der Waals surface area contributed by atoms with E-state index in [1.807, 2.05) is 0 Å². The van der Waals surface area contributed by atoms with Crippen LogP contribution < -0.4 is 0 Å². The van der Waals surface area contributed by atoms with Gasteiger partial charge in [0, 0.05) is 6.92 Å². The van der Waals surface area contributed by atoms with Crippen molar-refractivity contribution in [2.75, 3.05) is 0 Å². The number of esters is 2. The molecule has 0 saturated carbocycles. The lowest BCUT2D eigenvalue weighted by Crippen LogP contribution is -2.45. The normalized spacial score (nSPS) is 11.8. The lowest BCUT2D eigenvalue weighted by atomic mass is 10.1. The molecule has 6 nitrogen and oxygen atoms in total. The van der Waals surface area contributed by atoms with Crippen LogP contribution in [0.5, 0.6) is 0 Å². The highest BCUT2D eigenvalue weighted by Gasteiger charge is 2.40. The summed E-state index contributed by atoms with van der Waals surface area (Å²) < 4.78 is 9.47. The Morgan fingerprint density at radius 1 is 0.938 bits per heavy atom. The molecule has 0 aromatic carbocycles. The third-order valence-electron chi connectivity index (χ3n) is 1.75. The number of hydrogen-bond acceptors (Lipinski definition) is 5. The summed E-state index contributed by atoms with van der Waals surface area (Å²) in [5.74, 6) is -2.83. The zero-order valence-electron chi connectivity index (χ0n) is 9.99. The Morgan fingerprint density at radius 3 is 1.69 bits per heavy atom. The zero-order chi connectivity index (χ0) is 13.1. The van der Waals surface area contributed by atoms with Crippen LogP contribution in [0.4, 0.5) is 0 Å². The number of carboxylic acid groups (broad SMARTS) is 1. The molecule has 0 aromatic rings. The van der Waals surface area contributed by atoms with Crippen LogP contribution in [-0.2, 0) is 23.9 Å². The van der Waals surface area contributed by atoms with Gasteiger partial charge in [0.05, 0.1) is 0 Å². The average Bonchev–Trinajstić information content (AvgIpc) is 1.99. The molecule has 0 bridgehead atoms. The van der Waals surface area contributed by atoms with E-state index >= 15 is 0 Å². The van der Waals surface area contributed by atoms with Crippen molar-refractivity contribution in [3.05, 3.63) is 0 Å². The molecular weight excluding hydrogens is 216 g/mol. The van der Waals surface area contributed by atoms with Gasteiger partial charge in [0.1, 0.15) is 0 Å². The number of hydrogen-bond donors (Lipinski definition) is 1. The SMILES string of the molecule is CC(=O)OC(C)(C)C(=O)OC(C)(C)C(=O)O. The van der Waals surface area contributed by atoms with Crippen LogP contribution in [0.3, 0.4) is 0 Å². The number of carbonyl (C=O) groups is 3. The van der Waals surface area contributed by atoms with E-state index in [0.717, 1.165) is 6.92 Å². The highest BCUT2D eigenvalue weighted by molar-refractivity contribution is 5.86. The fourth-order valence-electron chi connectivity index (χ4n) is 0.799. The van der Waals surface area contributed by atoms with E-state index in [9.17, 15) is 14.4 Å². The Kier molecular flexibility index (Phi) is 4.06. The second kappa shape index (κ2) is 4.51. The number of aliphatic carboxylic acids is 1. The molecule has 0 saturated heterocycles. The van der Waals surface area contributed by atoms with E-state index in [1.54, 1.807) is 0 Å². The van der Waals surface area contributed by atoms with Crippen molar-refractivity contribution in [2.45, 2.75) is 45.8 Å². The first-order valence-corrected chi connectivity index (χ1v) is 4.65. The monoisotopic (exact) mass is 232 g/mol. The maximum absolute atomic E-state index is 11.6. The quantitative estimate of drug-likeness (QED) is 0.719. The largest absolute Gasteiger partial charge is 0.478 e. The minimum absolute atomic E-state index is 0.643. The number of carbonyl (C=O) groups excluding carboxylic acids is 2. The van der Waals surface area contributed by atoms with Crippen molar-refractivity contribution in [1.29, 1.82) is 0 Å².